The summed E-state index contributed by atoms with van der Waals surface area (Å²) in [6, 6.07) is 7.54. The first kappa shape index (κ1) is 22.5. The molecule has 5 rings (SSSR count). The number of halogens is 1. The van der Waals surface area contributed by atoms with Gasteiger partial charge in [0, 0.05) is 44.3 Å². The molecule has 0 spiro atoms. The van der Waals surface area contributed by atoms with E-state index >= 15 is 4.39 Å². The molecule has 3 aromatic rings. The molecule has 0 radical (unpaired) electrons. The second-order valence-electron chi connectivity index (χ2n) is 9.07. The number of aromatic amines is 1. The Balaban J connectivity index is 1.20. The van der Waals surface area contributed by atoms with E-state index in [9.17, 15) is 9.59 Å². The van der Waals surface area contributed by atoms with Gasteiger partial charge in [-0.1, -0.05) is 13.0 Å². The molecule has 9 heteroatoms. The summed E-state index contributed by atoms with van der Waals surface area (Å²) < 4.78 is 15.1. The maximum Gasteiger partial charge on any atom is 0.270 e. The molecular weight excluding hydrogens is 435 g/mol. The smallest absolute Gasteiger partial charge is 0.270 e. The Morgan fingerprint density at radius 2 is 1.97 bits per heavy atom. The predicted octanol–water partition coefficient (Wildman–Crippen LogP) is 2.62. The number of rotatable bonds is 6. The van der Waals surface area contributed by atoms with Crippen molar-refractivity contribution in [1.29, 1.82) is 0 Å². The molecule has 2 fully saturated rings. The molecule has 1 saturated carbocycles. The fraction of sp³-hybridized carbons (Fsp3) is 0.440. The normalized spacial score (nSPS) is 17.1. The average molecular weight is 465 g/mol. The van der Waals surface area contributed by atoms with Crippen LogP contribution in [-0.4, -0.2) is 58.0 Å². The molecular formula is C25H29FN6O2. The third kappa shape index (κ3) is 4.52. The molecule has 178 valence electrons. The largest absolute Gasteiger partial charge is 0.368 e. The molecule has 0 bridgehead atoms. The number of piperazine rings is 1. The Kier molecular flexibility index (Phi) is 6.28. The van der Waals surface area contributed by atoms with Gasteiger partial charge in [0.2, 0.25) is 0 Å². The lowest BCUT2D eigenvalue weighted by atomic mass is 9.93. The molecule has 0 atom stereocenters. The van der Waals surface area contributed by atoms with Gasteiger partial charge in [0.15, 0.2) is 5.82 Å². The first-order chi connectivity index (χ1) is 16.5. The zero-order valence-corrected chi connectivity index (χ0v) is 19.3. The van der Waals surface area contributed by atoms with Crippen molar-refractivity contribution in [1.82, 2.24) is 25.2 Å². The number of carbonyl (C=O) groups excluding carboxylic acids is 1. The summed E-state index contributed by atoms with van der Waals surface area (Å²) in [5, 5.41) is 3.01. The molecule has 1 aliphatic heterocycles. The fourth-order valence-corrected chi connectivity index (χ4v) is 4.49. The van der Waals surface area contributed by atoms with Crippen LogP contribution in [0.25, 0.3) is 11.0 Å². The summed E-state index contributed by atoms with van der Waals surface area (Å²) in [6.45, 7) is 5.41. The van der Waals surface area contributed by atoms with E-state index in [1.165, 1.54) is 6.42 Å². The SMILES string of the molecule is CCc1nc2ccc(CN3CCN(c4ccc(C(=O)NC5CCC5)nc4)CC3)c(F)c2[nH]c1=O. The summed E-state index contributed by atoms with van der Waals surface area (Å²) in [7, 11) is 0. The van der Waals surface area contributed by atoms with Crippen molar-refractivity contribution in [3.63, 3.8) is 0 Å². The Hall–Kier alpha value is -3.33. The number of H-pyrrole nitrogens is 1. The van der Waals surface area contributed by atoms with Crippen LogP contribution >= 0.6 is 0 Å². The highest BCUT2D eigenvalue weighted by atomic mass is 19.1. The second-order valence-corrected chi connectivity index (χ2v) is 9.07. The van der Waals surface area contributed by atoms with Gasteiger partial charge in [-0.2, -0.15) is 0 Å². The number of carbonyl (C=O) groups is 1. The number of aryl methyl sites for hydroxylation is 1. The highest BCUT2D eigenvalue weighted by Crippen LogP contribution is 2.22. The van der Waals surface area contributed by atoms with Crippen molar-refractivity contribution in [2.75, 3.05) is 31.1 Å². The van der Waals surface area contributed by atoms with E-state index in [-0.39, 0.29) is 17.0 Å². The summed E-state index contributed by atoms with van der Waals surface area (Å²) >= 11 is 0. The average Bonchev–Trinajstić information content (AvgIpc) is 2.83. The third-order valence-corrected chi connectivity index (χ3v) is 6.84. The van der Waals surface area contributed by atoms with Crippen molar-refractivity contribution in [2.24, 2.45) is 0 Å². The molecule has 2 N–H and O–H groups in total. The fourth-order valence-electron chi connectivity index (χ4n) is 4.49. The van der Waals surface area contributed by atoms with Gasteiger partial charge in [-0.05, 0) is 43.9 Å². The first-order valence-electron chi connectivity index (χ1n) is 12.0. The Labute approximate surface area is 197 Å². The summed E-state index contributed by atoms with van der Waals surface area (Å²) in [4.78, 5) is 40.1. The van der Waals surface area contributed by atoms with Crippen LogP contribution in [0.2, 0.25) is 0 Å². The van der Waals surface area contributed by atoms with Crippen molar-refractivity contribution >= 4 is 22.6 Å². The zero-order chi connectivity index (χ0) is 23.7. The topological polar surface area (TPSA) is 94.2 Å². The molecule has 3 heterocycles. The number of hydrogen-bond acceptors (Lipinski definition) is 6. The van der Waals surface area contributed by atoms with Gasteiger partial charge >= 0.3 is 0 Å². The van der Waals surface area contributed by atoms with Crippen LogP contribution in [-0.2, 0) is 13.0 Å². The molecule has 8 nitrogen and oxygen atoms in total. The highest BCUT2D eigenvalue weighted by molar-refractivity contribution is 5.92. The van der Waals surface area contributed by atoms with E-state index in [0.717, 1.165) is 44.7 Å². The monoisotopic (exact) mass is 464 g/mol. The van der Waals surface area contributed by atoms with Crippen LogP contribution in [0.4, 0.5) is 10.1 Å². The number of hydrogen-bond donors (Lipinski definition) is 2. The van der Waals surface area contributed by atoms with Gasteiger partial charge < -0.3 is 15.2 Å². The van der Waals surface area contributed by atoms with Crippen molar-refractivity contribution in [3.05, 3.63) is 63.6 Å². The second kappa shape index (κ2) is 9.50. The standard InChI is InChI=1S/C25H29FN6O2/c1-2-19-24(33)30-23-20(29-19)8-6-16(22(23)26)15-31-10-12-32(13-11-31)18-7-9-21(27-14-18)25(34)28-17-4-3-5-17/h6-9,14,17H,2-5,10-13,15H2,1H3,(H,28,34)(H,30,33). The first-order valence-corrected chi connectivity index (χ1v) is 12.0. The minimum atomic E-state index is -0.410. The lowest BCUT2D eigenvalue weighted by molar-refractivity contribution is 0.0912. The van der Waals surface area contributed by atoms with Crippen LogP contribution in [0.5, 0.6) is 0 Å². The molecule has 0 unspecified atom stereocenters. The minimum absolute atomic E-state index is 0.110. The van der Waals surface area contributed by atoms with Crippen molar-refractivity contribution < 1.29 is 9.18 Å². The number of fused-ring (bicyclic) bond motifs is 1. The van der Waals surface area contributed by atoms with E-state index in [0.29, 0.717) is 41.5 Å². The molecule has 2 aliphatic rings. The minimum Gasteiger partial charge on any atom is -0.368 e. The Morgan fingerprint density at radius 1 is 1.18 bits per heavy atom. The number of pyridine rings is 1. The van der Waals surface area contributed by atoms with Gasteiger partial charge in [-0.3, -0.25) is 14.5 Å². The van der Waals surface area contributed by atoms with E-state index in [1.807, 2.05) is 13.0 Å². The van der Waals surface area contributed by atoms with Crippen LogP contribution in [0.15, 0.2) is 35.3 Å². The number of benzene rings is 1. The maximum absolute atomic E-state index is 15.1. The molecule has 2 aromatic heterocycles. The zero-order valence-electron chi connectivity index (χ0n) is 19.3. The van der Waals surface area contributed by atoms with Gasteiger partial charge in [0.25, 0.3) is 11.5 Å². The Bertz CT molecular complexity index is 1250. The number of nitrogens with one attached hydrogen (secondary N) is 2. The highest BCUT2D eigenvalue weighted by Gasteiger charge is 2.22. The Morgan fingerprint density at radius 3 is 2.62 bits per heavy atom. The molecule has 1 amide bonds. The number of nitrogens with zero attached hydrogens (tertiary/aromatic N) is 4. The van der Waals surface area contributed by atoms with Gasteiger partial charge in [-0.25, -0.2) is 14.4 Å². The van der Waals surface area contributed by atoms with Crippen LogP contribution in [0.3, 0.4) is 0 Å². The maximum atomic E-state index is 15.1. The molecule has 1 aromatic carbocycles. The number of amides is 1. The summed E-state index contributed by atoms with van der Waals surface area (Å²) in [6.07, 6.45) is 5.53. The van der Waals surface area contributed by atoms with Crippen LogP contribution in [0, 0.1) is 5.82 Å². The molecule has 1 aliphatic carbocycles. The lowest BCUT2D eigenvalue weighted by Crippen LogP contribution is -2.46. The van der Waals surface area contributed by atoms with Crippen molar-refractivity contribution in [3.8, 4) is 0 Å². The van der Waals surface area contributed by atoms with Crippen LogP contribution < -0.4 is 15.8 Å². The van der Waals surface area contributed by atoms with E-state index in [1.54, 1.807) is 24.4 Å². The molecule has 1 saturated heterocycles. The van der Waals surface area contributed by atoms with Gasteiger partial charge in [-0.15, -0.1) is 0 Å². The van der Waals surface area contributed by atoms with E-state index in [4.69, 9.17) is 0 Å². The predicted molar refractivity (Wildman–Crippen MR) is 129 cm³/mol. The number of aromatic nitrogens is 3. The number of anilines is 1. The molecule has 34 heavy (non-hydrogen) atoms. The van der Waals surface area contributed by atoms with Crippen LogP contribution in [0.1, 0.15) is 47.9 Å². The summed E-state index contributed by atoms with van der Waals surface area (Å²) in [5.41, 5.74) is 2.70. The lowest BCUT2D eigenvalue weighted by Gasteiger charge is -2.36. The van der Waals surface area contributed by atoms with E-state index in [2.05, 4.69) is 30.1 Å². The van der Waals surface area contributed by atoms with E-state index < -0.39 is 5.82 Å². The van der Waals surface area contributed by atoms with Gasteiger partial charge in [0.05, 0.1) is 17.4 Å². The third-order valence-electron chi connectivity index (χ3n) is 6.84. The summed E-state index contributed by atoms with van der Waals surface area (Å²) in [5.74, 6) is -0.520. The van der Waals surface area contributed by atoms with Gasteiger partial charge in [0.1, 0.15) is 16.9 Å². The van der Waals surface area contributed by atoms with Crippen molar-refractivity contribution in [2.45, 2.75) is 45.2 Å². The quantitative estimate of drug-likeness (QED) is 0.583.